The zero-order valence-corrected chi connectivity index (χ0v) is 15.2. The Hall–Kier alpha value is -1.79. The van der Waals surface area contributed by atoms with Crippen molar-refractivity contribution in [2.75, 3.05) is 5.75 Å². The average molecular weight is 401 g/mol. The van der Waals surface area contributed by atoms with Crippen LogP contribution in [0.3, 0.4) is 0 Å². The van der Waals surface area contributed by atoms with Crippen molar-refractivity contribution in [2.24, 2.45) is 0 Å². The van der Waals surface area contributed by atoms with Gasteiger partial charge in [-0.3, -0.25) is 4.79 Å². The SMILES string of the molecule is O=CC[C@@H](c1ccccc1)[C@H](C(=O)SCC(F)(F)F)c1ccc(Cl)cc1. The third kappa shape index (κ3) is 5.88. The molecule has 0 amide bonds. The van der Waals surface area contributed by atoms with Gasteiger partial charge in [-0.2, -0.15) is 13.2 Å². The third-order valence-electron chi connectivity index (χ3n) is 3.84. The number of hydrogen-bond donors (Lipinski definition) is 0. The Balaban J connectivity index is 2.41. The third-order valence-corrected chi connectivity index (χ3v) is 5.10. The van der Waals surface area contributed by atoms with Crippen molar-refractivity contribution in [2.45, 2.75) is 24.4 Å². The summed E-state index contributed by atoms with van der Waals surface area (Å²) in [7, 11) is 0. The molecule has 2 nitrogen and oxygen atoms in total. The molecule has 138 valence electrons. The molecule has 7 heteroatoms. The van der Waals surface area contributed by atoms with E-state index in [1.165, 1.54) is 0 Å². The maximum absolute atomic E-state index is 12.7. The largest absolute Gasteiger partial charge is 0.398 e. The van der Waals surface area contributed by atoms with Crippen molar-refractivity contribution in [3.63, 3.8) is 0 Å². The van der Waals surface area contributed by atoms with Crippen LogP contribution in [0.4, 0.5) is 13.2 Å². The minimum absolute atomic E-state index is 0.0234. The molecule has 0 aliphatic rings. The summed E-state index contributed by atoms with van der Waals surface area (Å²) in [5.74, 6) is -2.70. The lowest BCUT2D eigenvalue weighted by atomic mass is 9.80. The van der Waals surface area contributed by atoms with Gasteiger partial charge < -0.3 is 4.79 Å². The molecule has 2 atom stereocenters. The molecular weight excluding hydrogens is 385 g/mol. The van der Waals surface area contributed by atoms with E-state index in [0.717, 1.165) is 5.56 Å². The molecule has 0 fully saturated rings. The molecule has 0 unspecified atom stereocenters. The van der Waals surface area contributed by atoms with Crippen molar-refractivity contribution < 1.29 is 22.8 Å². The average Bonchev–Trinajstić information content (AvgIpc) is 2.61. The van der Waals surface area contributed by atoms with Gasteiger partial charge in [-0.25, -0.2) is 0 Å². The monoisotopic (exact) mass is 400 g/mol. The van der Waals surface area contributed by atoms with Crippen molar-refractivity contribution in [3.05, 3.63) is 70.7 Å². The fourth-order valence-corrected chi connectivity index (χ4v) is 3.63. The molecule has 2 aromatic carbocycles. The van der Waals surface area contributed by atoms with E-state index in [9.17, 15) is 22.8 Å². The quantitative estimate of drug-likeness (QED) is 0.566. The van der Waals surface area contributed by atoms with Crippen molar-refractivity contribution in [3.8, 4) is 0 Å². The number of rotatable bonds is 7. The standard InChI is InChI=1S/C19H16ClF3O2S/c20-15-8-6-14(7-9-15)17(18(25)26-12-19(21,22)23)16(10-11-24)13-4-2-1-3-5-13/h1-9,11,16-17H,10,12H2/t16-,17+/m0/s1. The molecule has 0 aromatic heterocycles. The van der Waals surface area contributed by atoms with Gasteiger partial charge in [-0.15, -0.1) is 0 Å². The van der Waals surface area contributed by atoms with Crippen molar-refractivity contribution >= 4 is 34.8 Å². The predicted molar refractivity (Wildman–Crippen MR) is 97.6 cm³/mol. The lowest BCUT2D eigenvalue weighted by Gasteiger charge is -2.25. The normalized spacial score (nSPS) is 13.8. The Morgan fingerprint density at radius 3 is 2.19 bits per heavy atom. The van der Waals surface area contributed by atoms with Gasteiger partial charge in [-0.1, -0.05) is 65.8 Å². The number of carbonyl (C=O) groups excluding carboxylic acids is 2. The molecule has 0 N–H and O–H groups in total. The lowest BCUT2D eigenvalue weighted by Crippen LogP contribution is -2.22. The predicted octanol–water partition coefficient (Wildman–Crippen LogP) is 5.62. The van der Waals surface area contributed by atoms with E-state index in [2.05, 4.69) is 0 Å². The Morgan fingerprint density at radius 1 is 1.04 bits per heavy atom. The first-order chi connectivity index (χ1) is 12.3. The number of alkyl halides is 3. The van der Waals surface area contributed by atoms with Gasteiger partial charge >= 0.3 is 6.18 Å². The molecule has 0 bridgehead atoms. The molecule has 0 spiro atoms. The second kappa shape index (κ2) is 9.24. The first-order valence-corrected chi connectivity index (χ1v) is 9.15. The van der Waals surface area contributed by atoms with E-state index in [4.69, 9.17) is 11.6 Å². The van der Waals surface area contributed by atoms with E-state index in [1.54, 1.807) is 54.6 Å². The molecule has 2 aromatic rings. The summed E-state index contributed by atoms with van der Waals surface area (Å²) in [6.07, 6.45) is -3.74. The van der Waals surface area contributed by atoms with E-state index in [0.29, 0.717) is 16.9 Å². The van der Waals surface area contributed by atoms with Crippen LogP contribution in [0.2, 0.25) is 5.02 Å². The number of benzene rings is 2. The van der Waals surface area contributed by atoms with E-state index >= 15 is 0 Å². The molecule has 0 aliphatic heterocycles. The van der Waals surface area contributed by atoms with Gasteiger partial charge in [-0.05, 0) is 23.3 Å². The first-order valence-electron chi connectivity index (χ1n) is 7.79. The highest BCUT2D eigenvalue weighted by Crippen LogP contribution is 2.40. The summed E-state index contributed by atoms with van der Waals surface area (Å²) in [4.78, 5) is 23.9. The Kier molecular flexibility index (Phi) is 7.29. The number of thioether (sulfide) groups is 1. The smallest absolute Gasteiger partial charge is 0.303 e. The zero-order chi connectivity index (χ0) is 19.2. The van der Waals surface area contributed by atoms with E-state index in [-0.39, 0.29) is 18.2 Å². The number of aldehydes is 1. The minimum Gasteiger partial charge on any atom is -0.303 e. The highest BCUT2D eigenvalue weighted by Gasteiger charge is 2.35. The Bertz CT molecular complexity index is 733. The zero-order valence-electron chi connectivity index (χ0n) is 13.6. The summed E-state index contributed by atoms with van der Waals surface area (Å²) in [6.45, 7) is 0. The minimum atomic E-state index is -4.45. The second-order valence-electron chi connectivity index (χ2n) is 5.67. The molecule has 2 rings (SSSR count). The molecule has 0 heterocycles. The summed E-state index contributed by atoms with van der Waals surface area (Å²) < 4.78 is 37.7. The van der Waals surface area contributed by atoms with Crippen LogP contribution in [0.5, 0.6) is 0 Å². The first kappa shape index (κ1) is 20.5. The highest BCUT2D eigenvalue weighted by atomic mass is 35.5. The van der Waals surface area contributed by atoms with Crippen LogP contribution >= 0.6 is 23.4 Å². The Labute approximate surface area is 158 Å². The van der Waals surface area contributed by atoms with Crippen molar-refractivity contribution in [1.82, 2.24) is 0 Å². The van der Waals surface area contributed by atoms with E-state index < -0.39 is 28.9 Å². The molecule has 0 saturated carbocycles. The number of halogens is 4. The molecule has 0 aliphatic carbocycles. The van der Waals surface area contributed by atoms with Crippen LogP contribution in [0.25, 0.3) is 0 Å². The van der Waals surface area contributed by atoms with Gasteiger partial charge in [0.2, 0.25) is 0 Å². The summed E-state index contributed by atoms with van der Waals surface area (Å²) in [5, 5.41) is -0.171. The molecule has 26 heavy (non-hydrogen) atoms. The van der Waals surface area contributed by atoms with Crippen LogP contribution in [0.1, 0.15) is 29.4 Å². The maximum atomic E-state index is 12.7. The van der Waals surface area contributed by atoms with Gasteiger partial charge in [0, 0.05) is 17.4 Å². The molecule has 0 radical (unpaired) electrons. The van der Waals surface area contributed by atoms with Crippen LogP contribution in [0, 0.1) is 0 Å². The van der Waals surface area contributed by atoms with Crippen LogP contribution in [-0.4, -0.2) is 23.3 Å². The maximum Gasteiger partial charge on any atom is 0.398 e. The fraction of sp³-hybridized carbons (Fsp3) is 0.263. The van der Waals surface area contributed by atoms with Gasteiger partial charge in [0.25, 0.3) is 0 Å². The fourth-order valence-electron chi connectivity index (χ4n) is 2.71. The van der Waals surface area contributed by atoms with Gasteiger partial charge in [0.05, 0.1) is 11.7 Å². The van der Waals surface area contributed by atoms with Gasteiger partial charge in [0.1, 0.15) is 6.29 Å². The Morgan fingerprint density at radius 2 is 1.65 bits per heavy atom. The van der Waals surface area contributed by atoms with E-state index in [1.807, 2.05) is 0 Å². The van der Waals surface area contributed by atoms with Gasteiger partial charge in [0.15, 0.2) is 5.12 Å². The van der Waals surface area contributed by atoms with Crippen molar-refractivity contribution in [1.29, 1.82) is 0 Å². The molecule has 0 saturated heterocycles. The lowest BCUT2D eigenvalue weighted by molar-refractivity contribution is -0.115. The summed E-state index contributed by atoms with van der Waals surface area (Å²) in [6, 6.07) is 15.2. The van der Waals surface area contributed by atoms with Crippen LogP contribution < -0.4 is 0 Å². The second-order valence-corrected chi connectivity index (χ2v) is 7.09. The topological polar surface area (TPSA) is 34.1 Å². The van der Waals surface area contributed by atoms with Crippen LogP contribution in [-0.2, 0) is 9.59 Å². The highest BCUT2D eigenvalue weighted by molar-refractivity contribution is 8.13. The summed E-state index contributed by atoms with van der Waals surface area (Å²) >= 11 is 6.11. The number of hydrogen-bond acceptors (Lipinski definition) is 3. The number of carbonyl (C=O) groups is 2. The summed E-state index contributed by atoms with van der Waals surface area (Å²) in [5.41, 5.74) is 1.25. The molecular formula is C19H16ClF3O2S. The van der Waals surface area contributed by atoms with Crippen LogP contribution in [0.15, 0.2) is 54.6 Å².